The van der Waals surface area contributed by atoms with Crippen LogP contribution in [0.25, 0.3) is 0 Å². The molecule has 1 saturated heterocycles. The Balaban J connectivity index is 1.92. The Labute approximate surface area is 186 Å². The zero-order valence-electron chi connectivity index (χ0n) is 16.2. The van der Waals surface area contributed by atoms with Gasteiger partial charge in [0, 0.05) is 38.3 Å². The number of anilines is 1. The van der Waals surface area contributed by atoms with E-state index in [2.05, 4.69) is 0 Å². The third-order valence-electron chi connectivity index (χ3n) is 4.91. The normalized spacial score (nSPS) is 14.4. The summed E-state index contributed by atoms with van der Waals surface area (Å²) in [5.41, 5.74) is -4.74. The van der Waals surface area contributed by atoms with E-state index in [1.54, 1.807) is 0 Å². The van der Waals surface area contributed by atoms with Crippen molar-refractivity contribution in [2.75, 3.05) is 31.1 Å². The first-order valence-corrected chi connectivity index (χ1v) is 9.42. The molecule has 0 aliphatic carbocycles. The van der Waals surface area contributed by atoms with Gasteiger partial charge >= 0.3 is 6.18 Å². The van der Waals surface area contributed by atoms with Crippen LogP contribution in [0.15, 0.2) is 24.3 Å². The van der Waals surface area contributed by atoms with Gasteiger partial charge in [0.15, 0.2) is 17.3 Å². The molecule has 2 aromatic carbocycles. The summed E-state index contributed by atoms with van der Waals surface area (Å²) in [5.74, 6) is -3.35. The van der Waals surface area contributed by atoms with Gasteiger partial charge in [0.2, 0.25) is 0 Å². The Hall–Kier alpha value is -3.55. The number of halogens is 6. The van der Waals surface area contributed by atoms with Crippen molar-refractivity contribution in [1.29, 1.82) is 0 Å². The number of nitro groups is 2. The molecule has 1 aliphatic heterocycles. The minimum absolute atomic E-state index is 0.177. The first kappa shape index (κ1) is 24.1. The Morgan fingerprint density at radius 3 is 1.85 bits per heavy atom. The second kappa shape index (κ2) is 8.77. The van der Waals surface area contributed by atoms with Crippen molar-refractivity contribution in [2.45, 2.75) is 6.18 Å². The third kappa shape index (κ3) is 4.79. The minimum Gasteiger partial charge on any atom is -0.357 e. The number of piperazine rings is 1. The smallest absolute Gasteiger partial charge is 0.357 e. The summed E-state index contributed by atoms with van der Waals surface area (Å²) < 4.78 is 66.0. The second-order valence-electron chi connectivity index (χ2n) is 6.90. The van der Waals surface area contributed by atoms with Gasteiger partial charge in [0.1, 0.15) is 0 Å². The number of hydrogen-bond acceptors (Lipinski definition) is 6. The Morgan fingerprint density at radius 2 is 1.39 bits per heavy atom. The van der Waals surface area contributed by atoms with E-state index in [1.165, 1.54) is 0 Å². The van der Waals surface area contributed by atoms with Crippen LogP contribution in [0.1, 0.15) is 15.9 Å². The average Bonchev–Trinajstić information content (AvgIpc) is 2.74. The summed E-state index contributed by atoms with van der Waals surface area (Å²) in [7, 11) is 0. The quantitative estimate of drug-likeness (QED) is 0.269. The molecule has 1 fully saturated rings. The van der Waals surface area contributed by atoms with Crippen LogP contribution >= 0.6 is 11.6 Å². The molecule has 0 unspecified atom stereocenters. The van der Waals surface area contributed by atoms with E-state index in [9.17, 15) is 47.0 Å². The largest absolute Gasteiger partial charge is 0.416 e. The predicted molar refractivity (Wildman–Crippen MR) is 104 cm³/mol. The highest BCUT2D eigenvalue weighted by Gasteiger charge is 2.40. The summed E-state index contributed by atoms with van der Waals surface area (Å²) in [4.78, 5) is 35.4. The number of hydrogen-bond donors (Lipinski definition) is 0. The maximum absolute atomic E-state index is 13.5. The number of carbonyl (C=O) groups is 1. The maximum Gasteiger partial charge on any atom is 0.416 e. The maximum atomic E-state index is 13.5. The molecule has 0 saturated carbocycles. The summed E-state index contributed by atoms with van der Waals surface area (Å²) in [6.45, 7) is -0.798. The van der Waals surface area contributed by atoms with Gasteiger partial charge in [-0.1, -0.05) is 11.6 Å². The van der Waals surface area contributed by atoms with E-state index >= 15 is 0 Å². The van der Waals surface area contributed by atoms with Crippen LogP contribution in [-0.4, -0.2) is 46.8 Å². The zero-order valence-corrected chi connectivity index (χ0v) is 17.0. The number of alkyl halides is 3. The monoisotopic (exact) mass is 494 g/mol. The van der Waals surface area contributed by atoms with Crippen molar-refractivity contribution in [1.82, 2.24) is 4.90 Å². The number of nitro benzene ring substituents is 2. The number of rotatable bonds is 4. The summed E-state index contributed by atoms with van der Waals surface area (Å²) in [6.07, 6.45) is -5.05. The molecule has 1 aliphatic rings. The van der Waals surface area contributed by atoms with Crippen molar-refractivity contribution in [2.24, 2.45) is 0 Å². The van der Waals surface area contributed by atoms with Gasteiger partial charge in [-0.25, -0.2) is 8.78 Å². The lowest BCUT2D eigenvalue weighted by Crippen LogP contribution is -2.49. The lowest BCUT2D eigenvalue weighted by molar-refractivity contribution is -0.393. The first-order chi connectivity index (χ1) is 15.3. The van der Waals surface area contributed by atoms with E-state index in [0.29, 0.717) is 12.1 Å². The molecule has 0 N–H and O–H groups in total. The Kier molecular flexibility index (Phi) is 6.40. The van der Waals surface area contributed by atoms with E-state index in [4.69, 9.17) is 11.6 Å². The van der Waals surface area contributed by atoms with Crippen molar-refractivity contribution in [3.63, 3.8) is 0 Å². The van der Waals surface area contributed by atoms with Gasteiger partial charge in [0.05, 0.1) is 26.0 Å². The molecular formula is C18H12ClF5N4O5. The zero-order chi connectivity index (χ0) is 24.7. The number of amides is 1. The van der Waals surface area contributed by atoms with Gasteiger partial charge < -0.3 is 9.80 Å². The van der Waals surface area contributed by atoms with Crippen molar-refractivity contribution < 1.29 is 36.6 Å². The molecule has 33 heavy (non-hydrogen) atoms. The highest BCUT2D eigenvalue weighted by molar-refractivity contribution is 6.33. The van der Waals surface area contributed by atoms with Crippen molar-refractivity contribution in [3.8, 4) is 0 Å². The van der Waals surface area contributed by atoms with Crippen LogP contribution in [-0.2, 0) is 6.18 Å². The molecule has 15 heteroatoms. The lowest BCUT2D eigenvalue weighted by Gasteiger charge is -2.35. The van der Waals surface area contributed by atoms with Crippen molar-refractivity contribution in [3.05, 3.63) is 72.3 Å². The van der Waals surface area contributed by atoms with Gasteiger partial charge in [-0.15, -0.1) is 0 Å². The van der Waals surface area contributed by atoms with Crippen LogP contribution in [0.3, 0.4) is 0 Å². The van der Waals surface area contributed by atoms with Gasteiger partial charge in [0.25, 0.3) is 17.3 Å². The van der Waals surface area contributed by atoms with Crippen LogP contribution in [0.4, 0.5) is 39.0 Å². The molecule has 1 amide bonds. The molecule has 1 heterocycles. The topological polar surface area (TPSA) is 110 Å². The molecule has 0 bridgehead atoms. The number of carbonyl (C=O) groups excluding carboxylic acids is 1. The van der Waals surface area contributed by atoms with Crippen molar-refractivity contribution >= 4 is 34.6 Å². The lowest BCUT2D eigenvalue weighted by atomic mass is 10.1. The van der Waals surface area contributed by atoms with Gasteiger partial charge in [-0.2, -0.15) is 13.2 Å². The molecule has 2 aromatic rings. The molecular weight excluding hydrogens is 483 g/mol. The predicted octanol–water partition coefficient (Wildman–Crippen LogP) is 4.42. The summed E-state index contributed by atoms with van der Waals surface area (Å²) in [6, 6.07) is 1.65. The fourth-order valence-corrected chi connectivity index (χ4v) is 3.59. The molecule has 3 rings (SSSR count). The summed E-state index contributed by atoms with van der Waals surface area (Å²) >= 11 is 5.80. The minimum atomic E-state index is -5.05. The second-order valence-corrected chi connectivity index (χ2v) is 7.31. The van der Waals surface area contributed by atoms with E-state index < -0.39 is 56.2 Å². The Morgan fingerprint density at radius 1 is 0.909 bits per heavy atom. The average molecular weight is 495 g/mol. The van der Waals surface area contributed by atoms with Crippen LogP contribution in [0.2, 0.25) is 5.02 Å². The van der Waals surface area contributed by atoms with E-state index in [-0.39, 0.29) is 48.9 Å². The number of benzene rings is 2. The fourth-order valence-electron chi connectivity index (χ4n) is 3.36. The Bertz CT molecular complexity index is 1120. The van der Waals surface area contributed by atoms with Crippen LogP contribution in [0.5, 0.6) is 0 Å². The van der Waals surface area contributed by atoms with Crippen LogP contribution in [0, 0.1) is 31.9 Å². The molecule has 0 spiro atoms. The molecule has 0 radical (unpaired) electrons. The highest BCUT2D eigenvalue weighted by Crippen LogP contribution is 2.43. The molecule has 0 atom stereocenters. The third-order valence-corrected chi connectivity index (χ3v) is 5.23. The van der Waals surface area contributed by atoms with Crippen LogP contribution < -0.4 is 4.90 Å². The van der Waals surface area contributed by atoms with Gasteiger partial charge in [-0.05, 0) is 12.1 Å². The van der Waals surface area contributed by atoms with E-state index in [0.717, 1.165) is 9.80 Å². The first-order valence-electron chi connectivity index (χ1n) is 9.04. The van der Waals surface area contributed by atoms with Gasteiger partial charge in [-0.3, -0.25) is 25.0 Å². The standard InChI is InChI=1S/C18H12ClF5N4O5/c19-11-8-13(21)12(20)7-10(11)17(29)26-3-1-25(2-4-26)16-14(27(30)31)5-9(18(22,23)24)6-15(16)28(32)33/h5-8H,1-4H2. The van der Waals surface area contributed by atoms with E-state index in [1.807, 2.05) is 0 Å². The SMILES string of the molecule is O=C(c1cc(F)c(F)cc1Cl)N1CCN(c2c([N+](=O)[O-])cc(C(F)(F)F)cc2[N+](=O)[O-])CC1. The highest BCUT2D eigenvalue weighted by atomic mass is 35.5. The molecule has 9 nitrogen and oxygen atoms in total. The number of nitrogens with zero attached hydrogens (tertiary/aromatic N) is 4. The molecule has 0 aromatic heterocycles. The summed E-state index contributed by atoms with van der Waals surface area (Å²) in [5, 5.41) is 22.5. The molecule has 176 valence electrons. The fraction of sp³-hybridized carbons (Fsp3) is 0.278.